The van der Waals surface area contributed by atoms with E-state index in [-0.39, 0.29) is 24.9 Å². The van der Waals surface area contributed by atoms with Crippen molar-refractivity contribution in [2.24, 2.45) is 0 Å². The Balaban J connectivity index is 1.62. The number of carboxylic acids is 1. The van der Waals surface area contributed by atoms with Gasteiger partial charge in [0.05, 0.1) is 12.6 Å². The summed E-state index contributed by atoms with van der Waals surface area (Å²) in [6, 6.07) is 14.8. The lowest BCUT2D eigenvalue weighted by atomic mass is 9.92. The quantitative estimate of drug-likeness (QED) is 0.362. The number of aliphatic carboxylic acids is 1. The van der Waals surface area contributed by atoms with Gasteiger partial charge in [-0.15, -0.1) is 0 Å². The van der Waals surface area contributed by atoms with Gasteiger partial charge < -0.3 is 24.6 Å². The van der Waals surface area contributed by atoms with E-state index in [9.17, 15) is 14.3 Å². The SMILES string of the molecule is CC1(C)O/C(=C\O)N(CCCc2cc(OCCCC(=O)O)ccc2F)[C@H]1Cc1ccccc1. The zero-order chi connectivity index (χ0) is 23.8. The van der Waals surface area contributed by atoms with Crippen LogP contribution in [0, 0.1) is 5.82 Å². The molecular weight excluding hydrogens is 425 g/mol. The fourth-order valence-corrected chi connectivity index (χ4v) is 4.17. The number of carboxylic acid groups (broad SMARTS) is 1. The van der Waals surface area contributed by atoms with Gasteiger partial charge in [-0.2, -0.15) is 0 Å². The van der Waals surface area contributed by atoms with Crippen molar-refractivity contribution in [2.45, 2.75) is 57.6 Å². The van der Waals surface area contributed by atoms with Crippen molar-refractivity contribution < 1.29 is 28.9 Å². The normalized spacial score (nSPS) is 18.3. The highest BCUT2D eigenvalue weighted by atomic mass is 19.1. The zero-order valence-corrected chi connectivity index (χ0v) is 19.2. The molecule has 1 saturated heterocycles. The number of aliphatic hydroxyl groups excluding tert-OH is 1. The van der Waals surface area contributed by atoms with Crippen molar-refractivity contribution >= 4 is 5.97 Å². The van der Waals surface area contributed by atoms with Gasteiger partial charge in [0.1, 0.15) is 23.4 Å². The van der Waals surface area contributed by atoms with Crippen molar-refractivity contribution in [3.05, 3.63) is 77.6 Å². The summed E-state index contributed by atoms with van der Waals surface area (Å²) in [5, 5.41) is 18.5. The second kappa shape index (κ2) is 11.1. The Bertz CT molecular complexity index is 960. The number of aryl methyl sites for hydroxylation is 1. The number of rotatable bonds is 11. The monoisotopic (exact) mass is 457 g/mol. The first-order valence-electron chi connectivity index (χ1n) is 11.3. The Morgan fingerprint density at radius 1 is 1.21 bits per heavy atom. The van der Waals surface area contributed by atoms with Crippen LogP contribution in [0.5, 0.6) is 5.75 Å². The summed E-state index contributed by atoms with van der Waals surface area (Å²) in [5.41, 5.74) is 1.24. The molecule has 0 aliphatic carbocycles. The maximum atomic E-state index is 14.4. The summed E-state index contributed by atoms with van der Waals surface area (Å²) in [5.74, 6) is -0.212. The third kappa shape index (κ3) is 6.63. The van der Waals surface area contributed by atoms with Crippen LogP contribution in [0.1, 0.15) is 44.2 Å². The van der Waals surface area contributed by atoms with E-state index in [2.05, 4.69) is 17.0 Å². The fourth-order valence-electron chi connectivity index (χ4n) is 4.17. The highest BCUT2D eigenvalue weighted by Gasteiger charge is 2.44. The molecule has 1 atom stereocenters. The second-order valence-corrected chi connectivity index (χ2v) is 8.77. The minimum absolute atomic E-state index is 0.0204. The second-order valence-electron chi connectivity index (χ2n) is 8.77. The van der Waals surface area contributed by atoms with Crippen LogP contribution in [0.4, 0.5) is 4.39 Å². The molecule has 1 fully saturated rings. The first-order chi connectivity index (χ1) is 15.8. The Morgan fingerprint density at radius 3 is 2.67 bits per heavy atom. The van der Waals surface area contributed by atoms with Gasteiger partial charge in [-0.1, -0.05) is 30.3 Å². The summed E-state index contributed by atoms with van der Waals surface area (Å²) in [7, 11) is 0. The summed E-state index contributed by atoms with van der Waals surface area (Å²) >= 11 is 0. The minimum atomic E-state index is -0.866. The van der Waals surface area contributed by atoms with Crippen LogP contribution in [0.3, 0.4) is 0 Å². The molecule has 7 heteroatoms. The lowest BCUT2D eigenvalue weighted by molar-refractivity contribution is -0.137. The van der Waals surface area contributed by atoms with Crippen LogP contribution in [0.25, 0.3) is 0 Å². The van der Waals surface area contributed by atoms with Gasteiger partial charge in [-0.05, 0) is 68.9 Å². The predicted octanol–water partition coefficient (Wildman–Crippen LogP) is 5.08. The first-order valence-corrected chi connectivity index (χ1v) is 11.3. The third-order valence-electron chi connectivity index (χ3n) is 5.88. The van der Waals surface area contributed by atoms with Crippen LogP contribution in [0.2, 0.25) is 0 Å². The predicted molar refractivity (Wildman–Crippen MR) is 124 cm³/mol. The van der Waals surface area contributed by atoms with E-state index < -0.39 is 11.6 Å². The molecule has 6 nitrogen and oxygen atoms in total. The van der Waals surface area contributed by atoms with Crippen molar-refractivity contribution in [1.82, 2.24) is 4.90 Å². The van der Waals surface area contributed by atoms with Crippen LogP contribution in [-0.4, -0.2) is 45.9 Å². The Hall–Kier alpha value is -3.22. The van der Waals surface area contributed by atoms with Crippen molar-refractivity contribution in [1.29, 1.82) is 0 Å². The van der Waals surface area contributed by atoms with Gasteiger partial charge in [0.2, 0.25) is 5.88 Å². The van der Waals surface area contributed by atoms with E-state index in [1.54, 1.807) is 12.1 Å². The molecule has 0 bridgehead atoms. The Kier molecular flexibility index (Phi) is 8.20. The highest BCUT2D eigenvalue weighted by Crippen LogP contribution is 2.36. The van der Waals surface area contributed by atoms with Gasteiger partial charge in [0.25, 0.3) is 0 Å². The van der Waals surface area contributed by atoms with Gasteiger partial charge in [0.15, 0.2) is 0 Å². The first kappa shape index (κ1) is 24.4. The number of halogens is 1. The lowest BCUT2D eigenvalue weighted by Gasteiger charge is -2.30. The number of benzene rings is 2. The third-order valence-corrected chi connectivity index (χ3v) is 5.88. The maximum Gasteiger partial charge on any atom is 0.303 e. The molecule has 2 N–H and O–H groups in total. The summed E-state index contributed by atoms with van der Waals surface area (Å²) in [6.45, 7) is 4.88. The molecule has 0 saturated carbocycles. The number of hydrogen-bond donors (Lipinski definition) is 2. The molecule has 2 aromatic carbocycles. The summed E-state index contributed by atoms with van der Waals surface area (Å²) < 4.78 is 26.0. The number of ether oxygens (including phenoxy) is 2. The molecule has 178 valence electrons. The molecule has 0 aromatic heterocycles. The Labute approximate surface area is 194 Å². The average Bonchev–Trinajstić information content (AvgIpc) is 3.03. The van der Waals surface area contributed by atoms with Crippen LogP contribution in [0.15, 0.2) is 60.7 Å². The van der Waals surface area contributed by atoms with E-state index in [4.69, 9.17) is 14.6 Å². The van der Waals surface area contributed by atoms with Crippen LogP contribution < -0.4 is 4.74 Å². The highest BCUT2D eigenvalue weighted by molar-refractivity contribution is 5.66. The van der Waals surface area contributed by atoms with Crippen LogP contribution in [-0.2, 0) is 22.4 Å². The van der Waals surface area contributed by atoms with Crippen molar-refractivity contribution in [3.8, 4) is 5.75 Å². The minimum Gasteiger partial charge on any atom is -0.510 e. The average molecular weight is 458 g/mol. The van der Waals surface area contributed by atoms with Crippen molar-refractivity contribution in [2.75, 3.05) is 13.2 Å². The maximum absolute atomic E-state index is 14.4. The van der Waals surface area contributed by atoms with E-state index in [1.165, 1.54) is 11.6 Å². The topological polar surface area (TPSA) is 79.2 Å². The zero-order valence-electron chi connectivity index (χ0n) is 19.2. The molecule has 3 rings (SSSR count). The van der Waals surface area contributed by atoms with E-state index in [0.29, 0.717) is 43.0 Å². The molecule has 1 heterocycles. The molecule has 1 aliphatic rings. The van der Waals surface area contributed by atoms with Gasteiger partial charge >= 0.3 is 5.97 Å². The summed E-state index contributed by atoms with van der Waals surface area (Å²) in [4.78, 5) is 12.7. The van der Waals surface area contributed by atoms with Gasteiger partial charge in [-0.3, -0.25) is 4.79 Å². The fraction of sp³-hybridized carbons (Fsp3) is 0.423. The van der Waals surface area contributed by atoms with Gasteiger partial charge in [-0.25, -0.2) is 4.39 Å². The lowest BCUT2D eigenvalue weighted by Crippen LogP contribution is -2.43. The molecular formula is C26H32FNO5. The number of aliphatic hydroxyl groups is 1. The summed E-state index contributed by atoms with van der Waals surface area (Å²) in [6.07, 6.45) is 3.34. The van der Waals surface area contributed by atoms with Crippen molar-refractivity contribution in [3.63, 3.8) is 0 Å². The molecule has 2 aromatic rings. The number of carbonyl (C=O) groups is 1. The Morgan fingerprint density at radius 2 is 1.97 bits per heavy atom. The van der Waals surface area contributed by atoms with Crippen LogP contribution >= 0.6 is 0 Å². The molecule has 0 spiro atoms. The molecule has 0 amide bonds. The number of nitrogens with zero attached hydrogens (tertiary/aromatic N) is 1. The molecule has 1 aliphatic heterocycles. The van der Waals surface area contributed by atoms with E-state index >= 15 is 0 Å². The van der Waals surface area contributed by atoms with Gasteiger partial charge in [0, 0.05) is 13.0 Å². The van der Waals surface area contributed by atoms with E-state index in [0.717, 1.165) is 12.7 Å². The van der Waals surface area contributed by atoms with E-state index in [1.807, 2.05) is 32.0 Å². The standard InChI is InChI=1S/C26H32FNO5/c1-26(2)23(16-19-8-4-3-5-9-19)28(24(18-29)33-26)14-6-10-20-17-21(12-13-22(20)27)32-15-7-11-25(30)31/h3-5,8-9,12-13,17-18,23,29H,6-7,10-11,14-16H2,1-2H3,(H,30,31)/b24-18-/t23-/m0/s1. The molecule has 0 unspecified atom stereocenters. The largest absolute Gasteiger partial charge is 0.510 e. The molecule has 0 radical (unpaired) electrons. The number of hydrogen-bond acceptors (Lipinski definition) is 5. The smallest absolute Gasteiger partial charge is 0.303 e. The molecule has 33 heavy (non-hydrogen) atoms.